The molecule has 3 atom stereocenters. The first-order valence-electron chi connectivity index (χ1n) is 14.2. The van der Waals surface area contributed by atoms with Crippen LogP contribution in [0, 0.1) is 17.6 Å². The van der Waals surface area contributed by atoms with Gasteiger partial charge in [-0.2, -0.15) is 0 Å². The maximum atomic E-state index is 13.8. The van der Waals surface area contributed by atoms with Gasteiger partial charge in [-0.15, -0.1) is 0 Å². The Kier molecular flexibility index (Phi) is 14.1. The highest BCUT2D eigenvalue weighted by atomic mass is 19.1. The number of nitrogens with zero attached hydrogens (tertiary/aromatic N) is 1. The lowest BCUT2D eigenvalue weighted by atomic mass is 9.99. The van der Waals surface area contributed by atoms with Crippen molar-refractivity contribution in [1.29, 1.82) is 0 Å². The van der Waals surface area contributed by atoms with E-state index in [1.54, 1.807) is 0 Å². The SMILES string of the molecule is CCCN(CCC)C(=O)[C@H](C)CCC(=O)N[C@@H](Cc1cc(F)cc(F)c1)[C@H](O)CNCc1cccc(CC)c1. The van der Waals surface area contributed by atoms with Crippen molar-refractivity contribution in [2.24, 2.45) is 5.92 Å². The van der Waals surface area contributed by atoms with Crippen LogP contribution in [0.3, 0.4) is 0 Å². The summed E-state index contributed by atoms with van der Waals surface area (Å²) < 4.78 is 27.6. The average molecular weight is 546 g/mol. The minimum atomic E-state index is -1.00. The van der Waals surface area contributed by atoms with Gasteiger partial charge in [0.25, 0.3) is 0 Å². The molecule has 0 aromatic heterocycles. The average Bonchev–Trinajstić information content (AvgIpc) is 2.90. The second-order valence-electron chi connectivity index (χ2n) is 10.3. The number of aryl methyl sites for hydroxylation is 1. The normalized spacial score (nSPS) is 13.5. The van der Waals surface area contributed by atoms with Crippen molar-refractivity contribution in [3.05, 3.63) is 70.8 Å². The summed E-state index contributed by atoms with van der Waals surface area (Å²) in [5.41, 5.74) is 2.63. The molecule has 0 spiro atoms. The molecule has 0 aliphatic rings. The summed E-state index contributed by atoms with van der Waals surface area (Å²) in [4.78, 5) is 27.5. The molecule has 0 radical (unpaired) electrons. The van der Waals surface area contributed by atoms with Gasteiger partial charge in [-0.05, 0) is 60.9 Å². The van der Waals surface area contributed by atoms with Crippen molar-refractivity contribution in [1.82, 2.24) is 15.5 Å². The Morgan fingerprint density at radius 1 is 0.949 bits per heavy atom. The van der Waals surface area contributed by atoms with E-state index in [-0.39, 0.29) is 37.1 Å². The Bertz CT molecular complexity index is 1020. The van der Waals surface area contributed by atoms with Gasteiger partial charge in [-0.25, -0.2) is 8.78 Å². The molecule has 0 fully saturated rings. The fourth-order valence-corrected chi connectivity index (χ4v) is 4.67. The molecular formula is C31H45F2N3O3. The van der Waals surface area contributed by atoms with E-state index < -0.39 is 23.8 Å². The van der Waals surface area contributed by atoms with Crippen LogP contribution in [0.2, 0.25) is 0 Å². The minimum absolute atomic E-state index is 0.0367. The van der Waals surface area contributed by atoms with E-state index in [4.69, 9.17) is 0 Å². The number of carbonyl (C=O) groups excluding carboxylic acids is 2. The van der Waals surface area contributed by atoms with Crippen molar-refractivity contribution in [2.45, 2.75) is 84.9 Å². The Labute approximate surface area is 232 Å². The zero-order valence-electron chi connectivity index (χ0n) is 23.8. The third-order valence-corrected chi connectivity index (χ3v) is 6.80. The van der Waals surface area contributed by atoms with Gasteiger partial charge in [-0.1, -0.05) is 52.0 Å². The summed E-state index contributed by atoms with van der Waals surface area (Å²) in [6.07, 6.45) is 2.21. The van der Waals surface area contributed by atoms with Gasteiger partial charge in [0.1, 0.15) is 11.6 Å². The second kappa shape index (κ2) is 17.0. The fourth-order valence-electron chi connectivity index (χ4n) is 4.67. The lowest BCUT2D eigenvalue weighted by Crippen LogP contribution is -2.48. The van der Waals surface area contributed by atoms with Crippen LogP contribution in [0.1, 0.15) is 70.1 Å². The molecule has 2 aromatic rings. The zero-order valence-corrected chi connectivity index (χ0v) is 23.8. The van der Waals surface area contributed by atoms with Crippen LogP contribution in [0.15, 0.2) is 42.5 Å². The summed E-state index contributed by atoms with van der Waals surface area (Å²) in [5.74, 6) is -2.02. The van der Waals surface area contributed by atoms with Crippen LogP contribution in [0.25, 0.3) is 0 Å². The monoisotopic (exact) mass is 545 g/mol. The number of amides is 2. The van der Waals surface area contributed by atoms with Gasteiger partial charge in [0.05, 0.1) is 12.1 Å². The van der Waals surface area contributed by atoms with Crippen molar-refractivity contribution in [3.63, 3.8) is 0 Å². The largest absolute Gasteiger partial charge is 0.390 e. The van der Waals surface area contributed by atoms with Crippen LogP contribution in [0.4, 0.5) is 8.78 Å². The van der Waals surface area contributed by atoms with Crippen LogP contribution < -0.4 is 10.6 Å². The van der Waals surface area contributed by atoms with Gasteiger partial charge in [0.15, 0.2) is 0 Å². The van der Waals surface area contributed by atoms with Gasteiger partial charge < -0.3 is 20.6 Å². The van der Waals surface area contributed by atoms with Crippen LogP contribution in [0.5, 0.6) is 0 Å². The maximum absolute atomic E-state index is 13.8. The molecule has 2 rings (SSSR count). The topological polar surface area (TPSA) is 81.7 Å². The van der Waals surface area contributed by atoms with Gasteiger partial charge >= 0.3 is 0 Å². The van der Waals surface area contributed by atoms with Gasteiger partial charge in [0, 0.05) is 44.6 Å². The smallest absolute Gasteiger partial charge is 0.225 e. The Balaban J connectivity index is 2.02. The lowest BCUT2D eigenvalue weighted by molar-refractivity contribution is -0.135. The highest BCUT2D eigenvalue weighted by Crippen LogP contribution is 2.15. The molecule has 6 nitrogen and oxygen atoms in total. The third kappa shape index (κ3) is 11.4. The number of halogens is 2. The molecule has 39 heavy (non-hydrogen) atoms. The molecule has 0 bridgehead atoms. The van der Waals surface area contributed by atoms with E-state index in [1.807, 2.05) is 37.8 Å². The maximum Gasteiger partial charge on any atom is 0.225 e. The number of aliphatic hydroxyl groups is 1. The molecule has 8 heteroatoms. The van der Waals surface area contributed by atoms with E-state index in [0.717, 1.165) is 30.9 Å². The van der Waals surface area contributed by atoms with E-state index in [1.165, 1.54) is 17.7 Å². The molecule has 0 aliphatic carbocycles. The summed E-state index contributed by atoms with van der Waals surface area (Å²) in [5, 5.41) is 17.0. The van der Waals surface area contributed by atoms with E-state index in [0.29, 0.717) is 31.6 Å². The standard InChI is InChI=1S/C31H45F2N3O3/c1-5-13-36(14-6-2)31(39)22(4)11-12-30(38)35-28(18-25-16-26(32)19-27(33)17-25)29(37)21-34-20-24-10-8-9-23(7-3)15-24/h8-10,15-17,19,22,28-29,34,37H,5-7,11-14,18,20-21H2,1-4H3,(H,35,38)/t22-,28+,29-/m1/s1. The first-order valence-corrected chi connectivity index (χ1v) is 14.2. The molecule has 216 valence electrons. The number of aliphatic hydroxyl groups excluding tert-OH is 1. The third-order valence-electron chi connectivity index (χ3n) is 6.80. The molecule has 2 amide bonds. The molecule has 0 unspecified atom stereocenters. The highest BCUT2D eigenvalue weighted by molar-refractivity contribution is 5.80. The van der Waals surface area contributed by atoms with Crippen LogP contribution in [-0.2, 0) is 29.0 Å². The predicted octanol–water partition coefficient (Wildman–Crippen LogP) is 4.77. The zero-order chi connectivity index (χ0) is 28.8. The van der Waals surface area contributed by atoms with Crippen LogP contribution in [-0.4, -0.2) is 53.6 Å². The number of carbonyl (C=O) groups is 2. The second-order valence-corrected chi connectivity index (χ2v) is 10.3. The van der Waals surface area contributed by atoms with Crippen molar-refractivity contribution < 1.29 is 23.5 Å². The number of hydrogen-bond acceptors (Lipinski definition) is 4. The number of hydrogen-bond donors (Lipinski definition) is 3. The summed E-state index contributed by atoms with van der Waals surface area (Å²) in [6, 6.07) is 10.6. The Hall–Kier alpha value is -2.84. The fraction of sp³-hybridized carbons (Fsp3) is 0.548. The molecule has 0 saturated heterocycles. The molecule has 0 saturated carbocycles. The van der Waals surface area contributed by atoms with E-state index >= 15 is 0 Å². The highest BCUT2D eigenvalue weighted by Gasteiger charge is 2.24. The number of rotatable bonds is 17. The van der Waals surface area contributed by atoms with Crippen molar-refractivity contribution >= 4 is 11.8 Å². The Morgan fingerprint density at radius 2 is 1.59 bits per heavy atom. The molecule has 2 aromatic carbocycles. The molecule has 0 aliphatic heterocycles. The van der Waals surface area contributed by atoms with Crippen molar-refractivity contribution in [3.8, 4) is 0 Å². The van der Waals surface area contributed by atoms with Crippen LogP contribution >= 0.6 is 0 Å². The number of nitrogens with one attached hydrogen (secondary N) is 2. The van der Waals surface area contributed by atoms with Crippen molar-refractivity contribution in [2.75, 3.05) is 19.6 Å². The first-order chi connectivity index (χ1) is 18.7. The van der Waals surface area contributed by atoms with E-state index in [9.17, 15) is 23.5 Å². The summed E-state index contributed by atoms with van der Waals surface area (Å²) in [7, 11) is 0. The van der Waals surface area contributed by atoms with E-state index in [2.05, 4.69) is 29.7 Å². The summed E-state index contributed by atoms with van der Waals surface area (Å²) in [6.45, 7) is 10.1. The number of benzene rings is 2. The molecule has 0 heterocycles. The Morgan fingerprint density at radius 3 is 2.21 bits per heavy atom. The minimum Gasteiger partial charge on any atom is -0.390 e. The quantitative estimate of drug-likeness (QED) is 0.268. The summed E-state index contributed by atoms with van der Waals surface area (Å²) >= 11 is 0. The lowest BCUT2D eigenvalue weighted by Gasteiger charge is -2.26. The predicted molar refractivity (Wildman–Crippen MR) is 151 cm³/mol. The molecular weight excluding hydrogens is 500 g/mol. The van der Waals surface area contributed by atoms with Gasteiger partial charge in [0.2, 0.25) is 11.8 Å². The van der Waals surface area contributed by atoms with Gasteiger partial charge in [-0.3, -0.25) is 9.59 Å². The first kappa shape index (κ1) is 32.4. The molecule has 3 N–H and O–H groups in total.